The van der Waals surface area contributed by atoms with Crippen LogP contribution in [0.4, 0.5) is 5.88 Å². The molecule has 20 heavy (non-hydrogen) atoms. The molecule has 3 rings (SSSR count). The largest absolute Gasteiger partial charge is 0.367 e. The number of nitrogens with two attached hydrogens (primary N) is 1. The third-order valence-electron chi connectivity index (χ3n) is 2.86. The van der Waals surface area contributed by atoms with E-state index in [1.54, 1.807) is 24.3 Å². The van der Waals surface area contributed by atoms with Gasteiger partial charge in [0.25, 0.3) is 0 Å². The number of aromatic amines is 1. The fourth-order valence-corrected chi connectivity index (χ4v) is 2.19. The molecule has 0 bridgehead atoms. The summed E-state index contributed by atoms with van der Waals surface area (Å²) in [5, 5.41) is 4.50. The number of nitrogens with one attached hydrogen (secondary N) is 1. The number of hydrogen-bond acceptors (Lipinski definition) is 4. The van der Waals surface area contributed by atoms with Crippen molar-refractivity contribution in [2.45, 2.75) is 0 Å². The summed E-state index contributed by atoms with van der Waals surface area (Å²) in [6, 6.07) is 12.0. The van der Waals surface area contributed by atoms with Crippen molar-refractivity contribution in [2.24, 2.45) is 0 Å². The third kappa shape index (κ3) is 2.19. The Balaban J connectivity index is 2.22. The monoisotopic (exact) mass is 287 g/mol. The third-order valence-corrected chi connectivity index (χ3v) is 3.09. The van der Waals surface area contributed by atoms with Crippen molar-refractivity contribution in [1.82, 2.24) is 10.1 Å². The van der Waals surface area contributed by atoms with Gasteiger partial charge in [-0.1, -0.05) is 35.0 Å². The van der Waals surface area contributed by atoms with E-state index >= 15 is 0 Å². The first-order valence-corrected chi connectivity index (χ1v) is 6.24. The molecule has 3 N–H and O–H groups in total. The number of pyridine rings is 1. The average molecular weight is 288 g/mol. The zero-order chi connectivity index (χ0) is 14.1. The number of hydrogen-bond donors (Lipinski definition) is 2. The summed E-state index contributed by atoms with van der Waals surface area (Å²) in [6.45, 7) is 0. The van der Waals surface area contributed by atoms with Crippen molar-refractivity contribution in [3.05, 3.63) is 57.8 Å². The number of halogens is 1. The number of anilines is 1. The maximum Gasteiger partial charge on any atom is 0.248 e. The van der Waals surface area contributed by atoms with Gasteiger partial charge in [-0.3, -0.25) is 4.79 Å². The Kier molecular flexibility index (Phi) is 3.04. The molecule has 0 unspecified atom stereocenters. The van der Waals surface area contributed by atoms with Gasteiger partial charge in [0, 0.05) is 11.1 Å². The molecule has 6 heteroatoms. The lowest BCUT2D eigenvalue weighted by atomic mass is 10.0. The quantitative estimate of drug-likeness (QED) is 0.759. The molecule has 0 aliphatic rings. The smallest absolute Gasteiger partial charge is 0.248 e. The number of nitrogen functional groups attached to an aromatic ring is 1. The van der Waals surface area contributed by atoms with Gasteiger partial charge in [0.2, 0.25) is 11.4 Å². The van der Waals surface area contributed by atoms with Crippen LogP contribution in [0.25, 0.3) is 22.5 Å². The Hall–Kier alpha value is -2.53. The topological polar surface area (TPSA) is 84.9 Å². The molecule has 5 nitrogen and oxygen atoms in total. The van der Waals surface area contributed by atoms with Crippen molar-refractivity contribution >= 4 is 17.5 Å². The summed E-state index contributed by atoms with van der Waals surface area (Å²) in [4.78, 5) is 14.1. The van der Waals surface area contributed by atoms with Crippen molar-refractivity contribution in [3.63, 3.8) is 0 Å². The second-order valence-electron chi connectivity index (χ2n) is 4.21. The highest BCUT2D eigenvalue weighted by molar-refractivity contribution is 6.30. The van der Waals surface area contributed by atoms with Gasteiger partial charge in [0.05, 0.1) is 11.3 Å². The number of H-pyrrole nitrogens is 1. The maximum atomic E-state index is 11.4. The normalized spacial score (nSPS) is 10.7. The van der Waals surface area contributed by atoms with Crippen molar-refractivity contribution in [2.75, 3.05) is 5.73 Å². The van der Waals surface area contributed by atoms with Gasteiger partial charge in [0.1, 0.15) is 5.69 Å². The fraction of sp³-hybridized carbons (Fsp3) is 0. The van der Waals surface area contributed by atoms with Crippen LogP contribution in [0, 0.1) is 0 Å². The fourth-order valence-electron chi connectivity index (χ4n) is 2.00. The standard InChI is InChI=1S/C14H10ClN3O2/c15-9-4-1-3-8(7-9)12-13(18-20-14(12)16)10-5-2-6-11(19)17-10/h1-7H,16H2,(H,17,19). The van der Waals surface area contributed by atoms with Crippen molar-refractivity contribution < 1.29 is 4.52 Å². The molecule has 3 aromatic rings. The molecule has 0 aliphatic heterocycles. The van der Waals surface area contributed by atoms with Crippen LogP contribution in [-0.4, -0.2) is 10.1 Å². The Bertz CT molecular complexity index is 823. The van der Waals surface area contributed by atoms with Gasteiger partial charge in [-0.2, -0.15) is 0 Å². The number of benzene rings is 1. The summed E-state index contributed by atoms with van der Waals surface area (Å²) in [5.41, 5.74) is 8.00. The molecule has 0 aliphatic carbocycles. The number of nitrogens with zero attached hydrogens (tertiary/aromatic N) is 1. The van der Waals surface area contributed by atoms with Gasteiger partial charge < -0.3 is 15.2 Å². The average Bonchev–Trinajstić information content (AvgIpc) is 2.80. The number of aromatic nitrogens is 2. The van der Waals surface area contributed by atoms with Crippen molar-refractivity contribution in [1.29, 1.82) is 0 Å². The molecule has 0 spiro atoms. The van der Waals surface area contributed by atoms with Crippen LogP contribution in [-0.2, 0) is 0 Å². The lowest BCUT2D eigenvalue weighted by Crippen LogP contribution is -2.04. The van der Waals surface area contributed by atoms with Gasteiger partial charge in [0.15, 0.2) is 0 Å². The minimum Gasteiger partial charge on any atom is -0.367 e. The summed E-state index contributed by atoms with van der Waals surface area (Å²) in [7, 11) is 0. The molecule has 0 atom stereocenters. The minimum atomic E-state index is -0.221. The summed E-state index contributed by atoms with van der Waals surface area (Å²) in [6.07, 6.45) is 0. The van der Waals surface area contributed by atoms with E-state index in [9.17, 15) is 4.79 Å². The lowest BCUT2D eigenvalue weighted by Gasteiger charge is -2.03. The van der Waals surface area contributed by atoms with E-state index in [1.807, 2.05) is 12.1 Å². The minimum absolute atomic E-state index is 0.173. The molecule has 0 radical (unpaired) electrons. The molecule has 0 fully saturated rings. The van der Waals surface area contributed by atoms with E-state index in [-0.39, 0.29) is 11.4 Å². The van der Waals surface area contributed by atoms with E-state index in [1.165, 1.54) is 6.07 Å². The van der Waals surface area contributed by atoms with Crippen molar-refractivity contribution in [3.8, 4) is 22.5 Å². The van der Waals surface area contributed by atoms with E-state index in [0.717, 1.165) is 5.56 Å². The molecular formula is C14H10ClN3O2. The summed E-state index contributed by atoms with van der Waals surface area (Å²) < 4.78 is 5.05. The van der Waals surface area contributed by atoms with Crippen LogP contribution >= 0.6 is 11.6 Å². The van der Waals surface area contributed by atoms with Crippen LogP contribution in [0.2, 0.25) is 5.02 Å². The Morgan fingerprint density at radius 2 is 2.00 bits per heavy atom. The second kappa shape index (κ2) is 4.86. The molecule has 2 heterocycles. The first-order valence-electron chi connectivity index (χ1n) is 5.86. The second-order valence-corrected chi connectivity index (χ2v) is 4.65. The highest BCUT2D eigenvalue weighted by atomic mass is 35.5. The SMILES string of the molecule is Nc1onc(-c2cccc(=O)[nH]2)c1-c1cccc(Cl)c1. The lowest BCUT2D eigenvalue weighted by molar-refractivity contribution is 0.439. The van der Waals surface area contributed by atoms with Crippen LogP contribution in [0.3, 0.4) is 0 Å². The van der Waals surface area contributed by atoms with Gasteiger partial charge >= 0.3 is 0 Å². The number of rotatable bonds is 2. The van der Waals surface area contributed by atoms with Gasteiger partial charge in [-0.15, -0.1) is 0 Å². The first kappa shape index (κ1) is 12.5. The molecule has 0 amide bonds. The Labute approximate surface area is 119 Å². The predicted molar refractivity (Wildman–Crippen MR) is 77.4 cm³/mol. The van der Waals surface area contributed by atoms with E-state index in [0.29, 0.717) is 22.0 Å². The first-order chi connectivity index (χ1) is 9.65. The summed E-state index contributed by atoms with van der Waals surface area (Å²) in [5.74, 6) is 0.173. The Morgan fingerprint density at radius 3 is 2.75 bits per heavy atom. The zero-order valence-corrected chi connectivity index (χ0v) is 11.0. The predicted octanol–water partition coefficient (Wildman–Crippen LogP) is 2.93. The highest BCUT2D eigenvalue weighted by Gasteiger charge is 2.18. The molecule has 0 saturated carbocycles. The molecular weight excluding hydrogens is 278 g/mol. The molecule has 2 aromatic heterocycles. The van der Waals surface area contributed by atoms with Gasteiger partial charge in [-0.05, 0) is 23.8 Å². The van der Waals surface area contributed by atoms with Crippen LogP contribution in [0.15, 0.2) is 51.8 Å². The van der Waals surface area contributed by atoms with E-state index in [2.05, 4.69) is 10.1 Å². The van der Waals surface area contributed by atoms with E-state index in [4.69, 9.17) is 21.9 Å². The molecule has 0 saturated heterocycles. The molecule has 1 aromatic carbocycles. The highest BCUT2D eigenvalue weighted by Crippen LogP contribution is 2.35. The van der Waals surface area contributed by atoms with Crippen LogP contribution in [0.5, 0.6) is 0 Å². The summed E-state index contributed by atoms with van der Waals surface area (Å²) >= 11 is 5.99. The van der Waals surface area contributed by atoms with Crippen LogP contribution < -0.4 is 11.3 Å². The van der Waals surface area contributed by atoms with Gasteiger partial charge in [-0.25, -0.2) is 0 Å². The zero-order valence-electron chi connectivity index (χ0n) is 10.3. The maximum absolute atomic E-state index is 11.4. The molecule has 100 valence electrons. The van der Waals surface area contributed by atoms with E-state index < -0.39 is 0 Å². The Morgan fingerprint density at radius 1 is 1.20 bits per heavy atom. The van der Waals surface area contributed by atoms with Crippen LogP contribution in [0.1, 0.15) is 0 Å².